The van der Waals surface area contributed by atoms with E-state index in [0.717, 1.165) is 45.8 Å². The zero-order chi connectivity index (χ0) is 22.0. The fraction of sp³-hybridized carbons (Fsp3) is 0.435. The summed E-state index contributed by atoms with van der Waals surface area (Å²) in [5.41, 5.74) is 2.21. The molecule has 3 aromatic rings. The Morgan fingerprint density at radius 3 is 2.58 bits per heavy atom. The first-order valence-corrected chi connectivity index (χ1v) is 11.3. The van der Waals surface area contributed by atoms with Crippen molar-refractivity contribution in [2.75, 3.05) is 19.5 Å². The van der Waals surface area contributed by atoms with Gasteiger partial charge in [-0.2, -0.15) is 0 Å². The molecule has 0 spiro atoms. The van der Waals surface area contributed by atoms with Crippen LogP contribution in [-0.4, -0.2) is 35.3 Å². The Morgan fingerprint density at radius 1 is 1.16 bits per heavy atom. The molecule has 2 aromatic heterocycles. The van der Waals surface area contributed by atoms with Crippen LogP contribution >= 0.6 is 11.3 Å². The molecule has 1 saturated carbocycles. The molecule has 1 aliphatic rings. The normalized spacial score (nSPS) is 18.7. The van der Waals surface area contributed by atoms with E-state index >= 15 is 0 Å². The third-order valence-corrected chi connectivity index (χ3v) is 6.97. The zero-order valence-electron chi connectivity index (χ0n) is 18.0. The molecule has 7 nitrogen and oxygen atoms in total. The summed E-state index contributed by atoms with van der Waals surface area (Å²) >= 11 is 1.62. The van der Waals surface area contributed by atoms with Gasteiger partial charge >= 0.3 is 5.97 Å². The number of thiophene rings is 1. The molecule has 4 rings (SSSR count). The Labute approximate surface area is 185 Å². The minimum absolute atomic E-state index is 0.198. The first-order chi connectivity index (χ1) is 15.0. The molecule has 0 bridgehead atoms. The van der Waals surface area contributed by atoms with Gasteiger partial charge < -0.3 is 19.9 Å². The van der Waals surface area contributed by atoms with Crippen LogP contribution < -0.4 is 14.8 Å². The predicted molar refractivity (Wildman–Crippen MR) is 121 cm³/mol. The Bertz CT molecular complexity index is 1090. The van der Waals surface area contributed by atoms with Crippen LogP contribution in [-0.2, 0) is 11.3 Å². The number of aromatic nitrogens is 2. The number of methoxy groups -OCH3 is 2. The number of benzene rings is 1. The van der Waals surface area contributed by atoms with Crippen LogP contribution in [0.4, 0.5) is 5.82 Å². The molecule has 31 heavy (non-hydrogen) atoms. The second kappa shape index (κ2) is 9.09. The van der Waals surface area contributed by atoms with Crippen molar-refractivity contribution in [2.24, 2.45) is 5.92 Å². The van der Waals surface area contributed by atoms with Crippen molar-refractivity contribution in [1.29, 1.82) is 0 Å². The molecule has 1 fully saturated rings. The van der Waals surface area contributed by atoms with Crippen LogP contribution in [0.25, 0.3) is 10.2 Å². The maximum absolute atomic E-state index is 11.3. The molecule has 0 saturated heterocycles. The van der Waals surface area contributed by atoms with Gasteiger partial charge in [0.25, 0.3) is 0 Å². The van der Waals surface area contributed by atoms with E-state index in [4.69, 9.17) is 19.4 Å². The van der Waals surface area contributed by atoms with Crippen molar-refractivity contribution in [3.8, 4) is 11.5 Å². The predicted octanol–water partition coefficient (Wildman–Crippen LogP) is 4.99. The number of ether oxygens (including phenoxy) is 2. The fourth-order valence-electron chi connectivity index (χ4n) is 4.19. The SMILES string of the molecule is COc1ccc(CNc2nc(C3CCC(C(=O)O)CC3)nc3scc(C)c23)cc1OC. The summed E-state index contributed by atoms with van der Waals surface area (Å²) in [4.78, 5) is 22.0. The molecule has 164 valence electrons. The first kappa shape index (κ1) is 21.4. The minimum Gasteiger partial charge on any atom is -0.493 e. The van der Waals surface area contributed by atoms with Gasteiger partial charge in [-0.25, -0.2) is 9.97 Å². The number of carboxylic acid groups (broad SMARTS) is 1. The lowest BCUT2D eigenvalue weighted by Crippen LogP contribution is -2.21. The van der Waals surface area contributed by atoms with E-state index in [-0.39, 0.29) is 11.8 Å². The number of aliphatic carboxylic acids is 1. The lowest BCUT2D eigenvalue weighted by molar-refractivity contribution is -0.142. The van der Waals surface area contributed by atoms with E-state index in [0.29, 0.717) is 30.9 Å². The average molecular weight is 442 g/mol. The van der Waals surface area contributed by atoms with Crippen molar-refractivity contribution in [2.45, 2.75) is 45.1 Å². The van der Waals surface area contributed by atoms with Gasteiger partial charge in [-0.15, -0.1) is 11.3 Å². The van der Waals surface area contributed by atoms with Crippen LogP contribution in [0.2, 0.25) is 0 Å². The van der Waals surface area contributed by atoms with E-state index in [2.05, 4.69) is 17.6 Å². The van der Waals surface area contributed by atoms with Crippen LogP contribution in [0.15, 0.2) is 23.6 Å². The van der Waals surface area contributed by atoms with Gasteiger partial charge in [0, 0.05) is 12.5 Å². The second-order valence-corrected chi connectivity index (χ2v) is 8.82. The number of anilines is 1. The molecular weight excluding hydrogens is 414 g/mol. The van der Waals surface area contributed by atoms with E-state index in [9.17, 15) is 9.90 Å². The molecular formula is C23H27N3O4S. The number of hydrogen-bond acceptors (Lipinski definition) is 7. The fourth-order valence-corrected chi connectivity index (χ4v) is 5.11. The summed E-state index contributed by atoms with van der Waals surface area (Å²) in [5, 5.41) is 15.9. The molecule has 2 heterocycles. The van der Waals surface area contributed by atoms with Crippen molar-refractivity contribution in [3.05, 3.63) is 40.5 Å². The molecule has 0 atom stereocenters. The van der Waals surface area contributed by atoms with Gasteiger partial charge in [-0.3, -0.25) is 4.79 Å². The third kappa shape index (κ3) is 4.44. The van der Waals surface area contributed by atoms with E-state index in [1.807, 2.05) is 18.2 Å². The molecule has 1 aromatic carbocycles. The number of aryl methyl sites for hydroxylation is 1. The highest BCUT2D eigenvalue weighted by Crippen LogP contribution is 2.38. The first-order valence-electron chi connectivity index (χ1n) is 10.4. The quantitative estimate of drug-likeness (QED) is 0.534. The van der Waals surface area contributed by atoms with Gasteiger partial charge in [-0.1, -0.05) is 6.07 Å². The molecule has 8 heteroatoms. The number of fused-ring (bicyclic) bond motifs is 1. The maximum atomic E-state index is 11.3. The summed E-state index contributed by atoms with van der Waals surface area (Å²) in [6.45, 7) is 2.66. The molecule has 0 radical (unpaired) electrons. The summed E-state index contributed by atoms with van der Waals surface area (Å²) in [6.07, 6.45) is 2.97. The van der Waals surface area contributed by atoms with Crippen molar-refractivity contribution >= 4 is 33.3 Å². The topological polar surface area (TPSA) is 93.6 Å². The van der Waals surface area contributed by atoms with Crippen LogP contribution in [0, 0.1) is 12.8 Å². The number of nitrogens with zero attached hydrogens (tertiary/aromatic N) is 2. The number of carbonyl (C=O) groups is 1. The van der Waals surface area contributed by atoms with Crippen LogP contribution in [0.3, 0.4) is 0 Å². The van der Waals surface area contributed by atoms with Crippen molar-refractivity contribution < 1.29 is 19.4 Å². The maximum Gasteiger partial charge on any atom is 0.306 e. The number of rotatable bonds is 7. The second-order valence-electron chi connectivity index (χ2n) is 7.96. The lowest BCUT2D eigenvalue weighted by Gasteiger charge is -2.25. The summed E-state index contributed by atoms with van der Waals surface area (Å²) in [5.74, 6) is 2.29. The van der Waals surface area contributed by atoms with E-state index < -0.39 is 5.97 Å². The van der Waals surface area contributed by atoms with Gasteiger partial charge in [-0.05, 0) is 61.2 Å². The highest BCUT2D eigenvalue weighted by atomic mass is 32.1. The minimum atomic E-state index is -0.694. The lowest BCUT2D eigenvalue weighted by atomic mass is 9.81. The van der Waals surface area contributed by atoms with Crippen LogP contribution in [0.1, 0.15) is 48.6 Å². The Kier molecular flexibility index (Phi) is 6.27. The van der Waals surface area contributed by atoms with Gasteiger partial charge in [0.1, 0.15) is 16.5 Å². The average Bonchev–Trinajstić information content (AvgIpc) is 3.18. The summed E-state index contributed by atoms with van der Waals surface area (Å²) in [7, 11) is 3.25. The summed E-state index contributed by atoms with van der Waals surface area (Å²) in [6, 6.07) is 5.85. The molecule has 0 amide bonds. The zero-order valence-corrected chi connectivity index (χ0v) is 18.8. The Morgan fingerprint density at radius 2 is 1.90 bits per heavy atom. The van der Waals surface area contributed by atoms with Gasteiger partial charge in [0.15, 0.2) is 11.5 Å². The van der Waals surface area contributed by atoms with Crippen molar-refractivity contribution in [3.63, 3.8) is 0 Å². The standard InChI is InChI=1S/C23H27N3O4S/c1-13-12-31-22-19(13)21(24-11-14-4-9-17(29-2)18(10-14)30-3)25-20(26-22)15-5-7-16(8-6-15)23(27)28/h4,9-10,12,15-16H,5-8,11H2,1-3H3,(H,27,28)(H,24,25,26). The summed E-state index contributed by atoms with van der Waals surface area (Å²) < 4.78 is 10.7. The highest BCUT2D eigenvalue weighted by molar-refractivity contribution is 7.17. The monoisotopic (exact) mass is 441 g/mol. The third-order valence-electron chi connectivity index (χ3n) is 5.98. The molecule has 1 aliphatic carbocycles. The van der Waals surface area contributed by atoms with Crippen molar-refractivity contribution in [1.82, 2.24) is 9.97 Å². The molecule has 2 N–H and O–H groups in total. The molecule has 0 aliphatic heterocycles. The smallest absolute Gasteiger partial charge is 0.306 e. The van der Waals surface area contributed by atoms with Gasteiger partial charge in [0.05, 0.1) is 25.5 Å². The van der Waals surface area contributed by atoms with Gasteiger partial charge in [0.2, 0.25) is 0 Å². The number of nitrogens with one attached hydrogen (secondary N) is 1. The Balaban J connectivity index is 1.58. The van der Waals surface area contributed by atoms with E-state index in [1.165, 1.54) is 0 Å². The number of carboxylic acids is 1. The Hall–Kier alpha value is -2.87. The van der Waals surface area contributed by atoms with Crippen LogP contribution in [0.5, 0.6) is 11.5 Å². The van der Waals surface area contributed by atoms with E-state index in [1.54, 1.807) is 25.6 Å². The molecule has 0 unspecified atom stereocenters. The largest absolute Gasteiger partial charge is 0.493 e. The highest BCUT2D eigenvalue weighted by Gasteiger charge is 2.29. The number of hydrogen-bond donors (Lipinski definition) is 2.